The zero-order valence-electron chi connectivity index (χ0n) is 18.8. The van der Waals surface area contributed by atoms with Gasteiger partial charge in [-0.3, -0.25) is 9.10 Å². The van der Waals surface area contributed by atoms with Gasteiger partial charge in [0.05, 0.1) is 17.7 Å². The Morgan fingerprint density at radius 3 is 2.25 bits per heavy atom. The first-order valence-corrected chi connectivity index (χ1v) is 11.7. The van der Waals surface area contributed by atoms with Crippen LogP contribution in [0.3, 0.4) is 0 Å². The number of sulfonamides is 1. The van der Waals surface area contributed by atoms with Crippen LogP contribution in [0.1, 0.15) is 16.7 Å². The molecule has 0 saturated heterocycles. The molecule has 3 aromatic carbocycles. The highest BCUT2D eigenvalue weighted by Gasteiger charge is 2.29. The summed E-state index contributed by atoms with van der Waals surface area (Å²) in [4.78, 5) is 14.8. The highest BCUT2D eigenvalue weighted by atomic mass is 32.2. The lowest BCUT2D eigenvalue weighted by atomic mass is 10.1. The second kappa shape index (κ2) is 9.87. The molecule has 32 heavy (non-hydrogen) atoms. The van der Waals surface area contributed by atoms with E-state index >= 15 is 0 Å². The summed E-state index contributed by atoms with van der Waals surface area (Å²) >= 11 is 0. The van der Waals surface area contributed by atoms with E-state index in [0.29, 0.717) is 18.0 Å². The largest absolute Gasteiger partial charge is 0.496 e. The summed E-state index contributed by atoms with van der Waals surface area (Å²) in [7, 11) is -0.710. The van der Waals surface area contributed by atoms with Gasteiger partial charge in [-0.05, 0) is 49.2 Å². The number of hydrogen-bond donors (Lipinski definition) is 0. The molecule has 0 N–H and O–H groups in total. The Labute approximate surface area is 190 Å². The van der Waals surface area contributed by atoms with Crippen LogP contribution in [0.4, 0.5) is 5.69 Å². The molecule has 1 amide bonds. The minimum atomic E-state index is -3.95. The van der Waals surface area contributed by atoms with Gasteiger partial charge in [-0.2, -0.15) is 0 Å². The standard InChI is InChI=1S/C25H28N2O4S/c1-19-11-10-15-23(20(19)2)27(32(29,30)22-13-6-5-7-14-22)18-25(28)26(3)17-21-12-8-9-16-24(21)31-4/h5-16H,17-18H2,1-4H3. The first-order chi connectivity index (χ1) is 15.3. The fourth-order valence-electron chi connectivity index (χ4n) is 3.45. The Morgan fingerprint density at radius 1 is 0.906 bits per heavy atom. The number of ether oxygens (including phenoxy) is 1. The number of para-hydroxylation sites is 1. The van der Waals surface area contributed by atoms with Gasteiger partial charge in [0.25, 0.3) is 10.0 Å². The van der Waals surface area contributed by atoms with Crippen molar-refractivity contribution in [2.75, 3.05) is 25.0 Å². The molecule has 0 unspecified atom stereocenters. The summed E-state index contributed by atoms with van der Waals surface area (Å²) in [6.07, 6.45) is 0. The van der Waals surface area contributed by atoms with Crippen molar-refractivity contribution in [2.45, 2.75) is 25.3 Å². The number of anilines is 1. The van der Waals surface area contributed by atoms with Crippen LogP contribution in [-0.2, 0) is 21.4 Å². The lowest BCUT2D eigenvalue weighted by Crippen LogP contribution is -2.41. The summed E-state index contributed by atoms with van der Waals surface area (Å²) < 4.78 is 33.7. The molecular formula is C25H28N2O4S. The maximum absolute atomic E-state index is 13.5. The van der Waals surface area contributed by atoms with Crippen molar-refractivity contribution in [3.63, 3.8) is 0 Å². The van der Waals surface area contributed by atoms with Crippen molar-refractivity contribution in [2.24, 2.45) is 0 Å². The molecule has 6 nitrogen and oxygen atoms in total. The molecule has 0 radical (unpaired) electrons. The van der Waals surface area contributed by atoms with Gasteiger partial charge in [-0.15, -0.1) is 0 Å². The lowest BCUT2D eigenvalue weighted by Gasteiger charge is -2.28. The van der Waals surface area contributed by atoms with E-state index in [2.05, 4.69) is 0 Å². The number of likely N-dealkylation sites (N-methyl/N-ethyl adjacent to an activating group) is 1. The monoisotopic (exact) mass is 452 g/mol. The third-order valence-electron chi connectivity index (χ3n) is 5.48. The Balaban J connectivity index is 1.95. The number of rotatable bonds is 8. The van der Waals surface area contributed by atoms with Crippen molar-refractivity contribution in [1.82, 2.24) is 4.90 Å². The lowest BCUT2D eigenvalue weighted by molar-refractivity contribution is -0.128. The van der Waals surface area contributed by atoms with Gasteiger partial charge < -0.3 is 9.64 Å². The molecule has 0 heterocycles. The van der Waals surface area contributed by atoms with Crippen LogP contribution in [0.2, 0.25) is 0 Å². The number of methoxy groups -OCH3 is 1. The first kappa shape index (κ1) is 23.3. The molecule has 0 bridgehead atoms. The van der Waals surface area contributed by atoms with Crippen LogP contribution in [-0.4, -0.2) is 39.9 Å². The molecule has 0 saturated carbocycles. The van der Waals surface area contributed by atoms with Gasteiger partial charge in [-0.25, -0.2) is 8.42 Å². The van der Waals surface area contributed by atoms with Crippen molar-refractivity contribution in [1.29, 1.82) is 0 Å². The summed E-state index contributed by atoms with van der Waals surface area (Å²) in [5, 5.41) is 0. The predicted octanol–water partition coefficient (Wildman–Crippen LogP) is 4.17. The van der Waals surface area contributed by atoms with Crippen LogP contribution in [0.5, 0.6) is 5.75 Å². The van der Waals surface area contributed by atoms with Gasteiger partial charge >= 0.3 is 0 Å². The van der Waals surface area contributed by atoms with Crippen molar-refractivity contribution in [3.05, 3.63) is 89.5 Å². The van der Waals surface area contributed by atoms with E-state index in [1.165, 1.54) is 21.3 Å². The van der Waals surface area contributed by atoms with Crippen LogP contribution in [0.25, 0.3) is 0 Å². The topological polar surface area (TPSA) is 66.9 Å². The van der Waals surface area contributed by atoms with Crippen LogP contribution < -0.4 is 9.04 Å². The second-order valence-electron chi connectivity index (χ2n) is 7.61. The fourth-order valence-corrected chi connectivity index (χ4v) is 4.94. The number of nitrogens with zero attached hydrogens (tertiary/aromatic N) is 2. The summed E-state index contributed by atoms with van der Waals surface area (Å²) in [6, 6.07) is 21.1. The van der Waals surface area contributed by atoms with E-state index in [1.807, 2.05) is 44.2 Å². The molecule has 0 atom stereocenters. The highest BCUT2D eigenvalue weighted by molar-refractivity contribution is 7.92. The molecule has 0 spiro atoms. The van der Waals surface area contributed by atoms with Crippen LogP contribution in [0.15, 0.2) is 77.7 Å². The summed E-state index contributed by atoms with van der Waals surface area (Å²) in [5.41, 5.74) is 3.10. The number of amides is 1. The van der Waals surface area contributed by atoms with Crippen molar-refractivity contribution >= 4 is 21.6 Å². The molecule has 0 aliphatic heterocycles. The SMILES string of the molecule is COc1ccccc1CN(C)C(=O)CN(c1cccc(C)c1C)S(=O)(=O)c1ccccc1. The van der Waals surface area contributed by atoms with Crippen molar-refractivity contribution in [3.8, 4) is 5.75 Å². The molecule has 0 aliphatic carbocycles. The number of hydrogen-bond acceptors (Lipinski definition) is 4. The Hall–Kier alpha value is -3.32. The third kappa shape index (κ3) is 4.94. The van der Waals surface area contributed by atoms with Gasteiger partial charge in [0.15, 0.2) is 0 Å². The molecule has 3 rings (SSSR count). The fraction of sp³-hybridized carbons (Fsp3) is 0.240. The predicted molar refractivity (Wildman–Crippen MR) is 126 cm³/mol. The second-order valence-corrected chi connectivity index (χ2v) is 9.47. The van der Waals surface area contributed by atoms with E-state index in [4.69, 9.17) is 4.74 Å². The number of aryl methyl sites for hydroxylation is 1. The van der Waals surface area contributed by atoms with Crippen molar-refractivity contribution < 1.29 is 17.9 Å². The Bertz CT molecular complexity index is 1190. The zero-order chi connectivity index (χ0) is 23.3. The zero-order valence-corrected chi connectivity index (χ0v) is 19.6. The summed E-state index contributed by atoms with van der Waals surface area (Å²) in [6.45, 7) is 3.77. The van der Waals surface area contributed by atoms with Gasteiger partial charge in [-0.1, -0.05) is 48.5 Å². The van der Waals surface area contributed by atoms with E-state index in [0.717, 1.165) is 16.7 Å². The normalized spacial score (nSPS) is 11.1. The van der Waals surface area contributed by atoms with E-state index in [1.54, 1.807) is 44.5 Å². The van der Waals surface area contributed by atoms with Gasteiger partial charge in [0.1, 0.15) is 12.3 Å². The third-order valence-corrected chi connectivity index (χ3v) is 7.25. The van der Waals surface area contributed by atoms with E-state index < -0.39 is 10.0 Å². The van der Waals surface area contributed by atoms with E-state index in [9.17, 15) is 13.2 Å². The Kier molecular flexibility index (Phi) is 7.20. The van der Waals surface area contributed by atoms with Crippen LogP contribution >= 0.6 is 0 Å². The Morgan fingerprint density at radius 2 is 1.56 bits per heavy atom. The maximum Gasteiger partial charge on any atom is 0.264 e. The summed E-state index contributed by atoms with van der Waals surface area (Å²) in [5.74, 6) is 0.353. The minimum Gasteiger partial charge on any atom is -0.496 e. The average molecular weight is 453 g/mol. The molecule has 7 heteroatoms. The van der Waals surface area contributed by atoms with Gasteiger partial charge in [0, 0.05) is 19.2 Å². The van der Waals surface area contributed by atoms with Crippen LogP contribution in [0, 0.1) is 13.8 Å². The molecular weight excluding hydrogens is 424 g/mol. The molecule has 0 fully saturated rings. The maximum atomic E-state index is 13.5. The number of carbonyl (C=O) groups excluding carboxylic acids is 1. The smallest absolute Gasteiger partial charge is 0.264 e. The molecule has 0 aromatic heterocycles. The van der Waals surface area contributed by atoms with Gasteiger partial charge in [0.2, 0.25) is 5.91 Å². The molecule has 0 aliphatic rings. The minimum absolute atomic E-state index is 0.140. The molecule has 168 valence electrons. The number of carbonyl (C=O) groups is 1. The first-order valence-electron chi connectivity index (χ1n) is 10.3. The number of benzene rings is 3. The average Bonchev–Trinajstić information content (AvgIpc) is 2.80. The van der Waals surface area contributed by atoms with E-state index in [-0.39, 0.29) is 17.3 Å². The highest BCUT2D eigenvalue weighted by Crippen LogP contribution is 2.29. The molecule has 3 aromatic rings. The quantitative estimate of drug-likeness (QED) is 0.515.